The quantitative estimate of drug-likeness (QED) is 0.832. The number of hydrogen-bond acceptors (Lipinski definition) is 5. The van der Waals surface area contributed by atoms with E-state index >= 15 is 0 Å². The van der Waals surface area contributed by atoms with Crippen LogP contribution in [0.5, 0.6) is 0 Å². The minimum absolute atomic E-state index is 0.116. The van der Waals surface area contributed by atoms with Gasteiger partial charge in [-0.2, -0.15) is 0 Å². The summed E-state index contributed by atoms with van der Waals surface area (Å²) in [7, 11) is 0. The Balaban J connectivity index is 1.75. The fourth-order valence-corrected chi connectivity index (χ4v) is 2.57. The molecular formula is C14H16N4O2. The molecule has 104 valence electrons. The summed E-state index contributed by atoms with van der Waals surface area (Å²) < 4.78 is 5.05. The molecule has 0 N–H and O–H groups in total. The van der Waals surface area contributed by atoms with Gasteiger partial charge >= 0.3 is 0 Å². The lowest BCUT2D eigenvalue weighted by Gasteiger charge is -2.14. The minimum atomic E-state index is -0.116. The maximum absolute atomic E-state index is 12.2. The SMILES string of the molecule is Cc1cc(C)nc([C@H]2CCN(C(=O)c3cnco3)C2)n1. The first-order chi connectivity index (χ1) is 9.63. The van der Waals surface area contributed by atoms with Crippen LogP contribution < -0.4 is 0 Å². The van der Waals surface area contributed by atoms with E-state index in [0.717, 1.165) is 23.6 Å². The van der Waals surface area contributed by atoms with Crippen LogP contribution in [0.25, 0.3) is 0 Å². The van der Waals surface area contributed by atoms with Crippen molar-refractivity contribution in [2.24, 2.45) is 0 Å². The van der Waals surface area contributed by atoms with Gasteiger partial charge in [0.25, 0.3) is 5.91 Å². The molecular weight excluding hydrogens is 256 g/mol. The number of aromatic nitrogens is 3. The smallest absolute Gasteiger partial charge is 0.291 e. The van der Waals surface area contributed by atoms with Crippen LogP contribution >= 0.6 is 0 Å². The zero-order chi connectivity index (χ0) is 14.1. The third kappa shape index (κ3) is 2.41. The average Bonchev–Trinajstić information content (AvgIpc) is 3.09. The van der Waals surface area contributed by atoms with E-state index in [1.807, 2.05) is 19.9 Å². The van der Waals surface area contributed by atoms with E-state index < -0.39 is 0 Å². The topological polar surface area (TPSA) is 72.1 Å². The molecule has 3 heterocycles. The molecule has 1 atom stereocenters. The number of oxazole rings is 1. The van der Waals surface area contributed by atoms with Crippen molar-refractivity contribution < 1.29 is 9.21 Å². The molecule has 3 rings (SSSR count). The van der Waals surface area contributed by atoms with Gasteiger partial charge in [0.1, 0.15) is 5.82 Å². The number of carbonyl (C=O) groups excluding carboxylic acids is 1. The Labute approximate surface area is 116 Å². The molecule has 2 aromatic heterocycles. The number of aryl methyl sites for hydroxylation is 2. The average molecular weight is 272 g/mol. The van der Waals surface area contributed by atoms with Gasteiger partial charge in [-0.25, -0.2) is 15.0 Å². The number of likely N-dealkylation sites (tertiary alicyclic amines) is 1. The Bertz CT molecular complexity index is 604. The fraction of sp³-hybridized carbons (Fsp3) is 0.429. The molecule has 0 unspecified atom stereocenters. The molecule has 1 amide bonds. The van der Waals surface area contributed by atoms with Gasteiger partial charge in [-0.05, 0) is 26.3 Å². The van der Waals surface area contributed by atoms with Crippen molar-refractivity contribution in [2.75, 3.05) is 13.1 Å². The number of amides is 1. The van der Waals surface area contributed by atoms with Gasteiger partial charge in [-0.3, -0.25) is 4.79 Å². The van der Waals surface area contributed by atoms with Crippen LogP contribution in [0, 0.1) is 13.8 Å². The van der Waals surface area contributed by atoms with Crippen LogP contribution in [-0.2, 0) is 0 Å². The first-order valence-electron chi connectivity index (χ1n) is 6.63. The van der Waals surface area contributed by atoms with Crippen LogP contribution in [0.4, 0.5) is 0 Å². The van der Waals surface area contributed by atoms with Gasteiger partial charge < -0.3 is 9.32 Å². The molecule has 0 radical (unpaired) electrons. The predicted molar refractivity (Wildman–Crippen MR) is 71.3 cm³/mol. The number of rotatable bonds is 2. The molecule has 0 spiro atoms. The van der Waals surface area contributed by atoms with E-state index in [0.29, 0.717) is 13.1 Å². The zero-order valence-electron chi connectivity index (χ0n) is 11.5. The molecule has 0 saturated carbocycles. The molecule has 6 nitrogen and oxygen atoms in total. The van der Waals surface area contributed by atoms with Crippen molar-refractivity contribution in [3.8, 4) is 0 Å². The van der Waals surface area contributed by atoms with Crippen LogP contribution in [0.3, 0.4) is 0 Å². The van der Waals surface area contributed by atoms with Crippen molar-refractivity contribution in [1.82, 2.24) is 19.9 Å². The van der Waals surface area contributed by atoms with Gasteiger partial charge in [0.15, 0.2) is 6.39 Å². The first kappa shape index (κ1) is 12.8. The van der Waals surface area contributed by atoms with Crippen molar-refractivity contribution in [1.29, 1.82) is 0 Å². The molecule has 0 aromatic carbocycles. The summed E-state index contributed by atoms with van der Waals surface area (Å²) in [6.45, 7) is 5.25. The van der Waals surface area contributed by atoms with Crippen molar-refractivity contribution in [2.45, 2.75) is 26.2 Å². The number of nitrogens with zero attached hydrogens (tertiary/aromatic N) is 4. The Hall–Kier alpha value is -2.24. The molecule has 0 aliphatic carbocycles. The minimum Gasteiger partial charge on any atom is -0.438 e. The summed E-state index contributed by atoms with van der Waals surface area (Å²) >= 11 is 0. The maximum Gasteiger partial charge on any atom is 0.291 e. The van der Waals surface area contributed by atoms with E-state index in [2.05, 4.69) is 15.0 Å². The highest BCUT2D eigenvalue weighted by Crippen LogP contribution is 2.26. The Morgan fingerprint density at radius 3 is 2.75 bits per heavy atom. The predicted octanol–water partition coefficient (Wildman–Crippen LogP) is 1.71. The summed E-state index contributed by atoms with van der Waals surface area (Å²) in [5.41, 5.74) is 1.93. The van der Waals surface area contributed by atoms with Crippen LogP contribution in [-0.4, -0.2) is 38.8 Å². The van der Waals surface area contributed by atoms with E-state index in [9.17, 15) is 4.79 Å². The molecule has 20 heavy (non-hydrogen) atoms. The zero-order valence-corrected chi connectivity index (χ0v) is 11.5. The van der Waals surface area contributed by atoms with Crippen LogP contribution in [0.1, 0.15) is 40.1 Å². The largest absolute Gasteiger partial charge is 0.438 e. The highest BCUT2D eigenvalue weighted by Gasteiger charge is 2.31. The Morgan fingerprint density at radius 1 is 1.35 bits per heavy atom. The molecule has 1 aliphatic rings. The summed E-state index contributed by atoms with van der Waals surface area (Å²) in [6, 6.07) is 1.95. The van der Waals surface area contributed by atoms with Crippen molar-refractivity contribution in [3.63, 3.8) is 0 Å². The van der Waals surface area contributed by atoms with Gasteiger partial charge in [0.05, 0.1) is 6.20 Å². The molecule has 1 saturated heterocycles. The number of hydrogen-bond donors (Lipinski definition) is 0. The molecule has 0 bridgehead atoms. The van der Waals surface area contributed by atoms with E-state index in [1.54, 1.807) is 4.90 Å². The monoisotopic (exact) mass is 272 g/mol. The second-order valence-corrected chi connectivity index (χ2v) is 5.11. The van der Waals surface area contributed by atoms with E-state index in [-0.39, 0.29) is 17.6 Å². The molecule has 6 heteroatoms. The van der Waals surface area contributed by atoms with E-state index in [1.165, 1.54) is 12.6 Å². The summed E-state index contributed by atoms with van der Waals surface area (Å²) in [5, 5.41) is 0. The lowest BCUT2D eigenvalue weighted by Crippen LogP contribution is -2.28. The van der Waals surface area contributed by atoms with Gasteiger partial charge in [0, 0.05) is 30.4 Å². The van der Waals surface area contributed by atoms with Crippen molar-refractivity contribution in [3.05, 3.63) is 41.6 Å². The van der Waals surface area contributed by atoms with Gasteiger partial charge in [0.2, 0.25) is 5.76 Å². The highest BCUT2D eigenvalue weighted by molar-refractivity contribution is 5.91. The normalized spacial score (nSPS) is 18.5. The van der Waals surface area contributed by atoms with Gasteiger partial charge in [-0.15, -0.1) is 0 Å². The third-order valence-electron chi connectivity index (χ3n) is 3.48. The molecule has 1 aliphatic heterocycles. The second-order valence-electron chi connectivity index (χ2n) is 5.11. The summed E-state index contributed by atoms with van der Waals surface area (Å²) in [4.78, 5) is 26.7. The third-order valence-corrected chi connectivity index (χ3v) is 3.48. The van der Waals surface area contributed by atoms with Crippen molar-refractivity contribution >= 4 is 5.91 Å². The lowest BCUT2D eigenvalue weighted by atomic mass is 10.1. The summed E-state index contributed by atoms with van der Waals surface area (Å²) in [6.07, 6.45) is 3.60. The lowest BCUT2D eigenvalue weighted by molar-refractivity contribution is 0.0759. The molecule has 2 aromatic rings. The highest BCUT2D eigenvalue weighted by atomic mass is 16.3. The Morgan fingerprint density at radius 2 is 2.10 bits per heavy atom. The second kappa shape index (κ2) is 5.03. The fourth-order valence-electron chi connectivity index (χ4n) is 2.57. The van der Waals surface area contributed by atoms with Crippen LogP contribution in [0.15, 0.2) is 23.1 Å². The summed E-state index contributed by atoms with van der Waals surface area (Å²) in [5.74, 6) is 1.19. The standard InChI is InChI=1S/C14H16N4O2/c1-9-5-10(2)17-13(16-9)11-3-4-18(7-11)14(19)12-6-15-8-20-12/h5-6,8,11H,3-4,7H2,1-2H3/t11-/m0/s1. The van der Waals surface area contributed by atoms with Gasteiger partial charge in [-0.1, -0.05) is 0 Å². The van der Waals surface area contributed by atoms with Crippen LogP contribution in [0.2, 0.25) is 0 Å². The van der Waals surface area contributed by atoms with E-state index in [4.69, 9.17) is 4.42 Å². The maximum atomic E-state index is 12.2. The Kier molecular flexibility index (Phi) is 3.22. The molecule has 1 fully saturated rings. The first-order valence-corrected chi connectivity index (χ1v) is 6.63. The number of carbonyl (C=O) groups is 1.